The second-order valence-corrected chi connectivity index (χ2v) is 11.3. The molecular formula is C25H36N2O7S. The van der Waals surface area contributed by atoms with E-state index in [9.17, 15) is 8.42 Å². The molecule has 194 valence electrons. The molecule has 0 bridgehead atoms. The molecule has 0 saturated carbocycles. The van der Waals surface area contributed by atoms with Crippen LogP contribution in [0.5, 0.6) is 5.75 Å². The van der Waals surface area contributed by atoms with Gasteiger partial charge in [0, 0.05) is 51.0 Å². The van der Waals surface area contributed by atoms with Crippen molar-refractivity contribution in [2.45, 2.75) is 38.6 Å². The molecule has 3 atom stereocenters. The van der Waals surface area contributed by atoms with Gasteiger partial charge in [0.2, 0.25) is 0 Å². The van der Waals surface area contributed by atoms with Crippen molar-refractivity contribution in [3.05, 3.63) is 42.0 Å². The number of hydrogen-bond donors (Lipinski definition) is 2. The average Bonchev–Trinajstić information content (AvgIpc) is 3.27. The highest BCUT2D eigenvalue weighted by Crippen LogP contribution is 2.38. The van der Waals surface area contributed by atoms with E-state index in [2.05, 4.69) is 28.0 Å². The van der Waals surface area contributed by atoms with Crippen LogP contribution in [-0.2, 0) is 26.0 Å². The molecule has 0 spiro atoms. The van der Waals surface area contributed by atoms with Gasteiger partial charge in [0.05, 0.1) is 17.6 Å². The first-order valence-electron chi connectivity index (χ1n) is 11.5. The van der Waals surface area contributed by atoms with Gasteiger partial charge in [0.25, 0.3) is 11.9 Å². The van der Waals surface area contributed by atoms with Crippen LogP contribution in [-0.4, -0.2) is 91.2 Å². The monoisotopic (exact) mass is 508 g/mol. The van der Waals surface area contributed by atoms with Crippen LogP contribution in [0.15, 0.2) is 36.4 Å². The fourth-order valence-electron chi connectivity index (χ4n) is 4.77. The van der Waals surface area contributed by atoms with Gasteiger partial charge in [-0.2, -0.15) is 0 Å². The number of ether oxygens (including phenoxy) is 1. The fraction of sp³-hybridized carbons (Fsp3) is 0.520. The first-order valence-corrected chi connectivity index (χ1v) is 13.2. The number of nitrogens with zero attached hydrogens (tertiary/aromatic N) is 2. The SMILES string of the molecule is CC(=O)O.CC(=O)O.CCOc1ccc2ccccc2c1CN1C[C@H]2[C@H](N(C)C)CS(=O)(=O)[C@H]2C1. The summed E-state index contributed by atoms with van der Waals surface area (Å²) in [6, 6.07) is 12.6. The van der Waals surface area contributed by atoms with Crippen molar-refractivity contribution in [2.24, 2.45) is 5.92 Å². The Bertz CT molecular complexity index is 1110. The molecule has 35 heavy (non-hydrogen) atoms. The third-order valence-electron chi connectivity index (χ3n) is 6.09. The van der Waals surface area contributed by atoms with Crippen molar-refractivity contribution in [1.82, 2.24) is 9.80 Å². The zero-order valence-corrected chi connectivity index (χ0v) is 21.8. The van der Waals surface area contributed by atoms with E-state index in [1.54, 1.807) is 0 Å². The minimum absolute atomic E-state index is 0.115. The Labute approximate surface area is 207 Å². The van der Waals surface area contributed by atoms with E-state index in [-0.39, 0.29) is 17.2 Å². The standard InChI is InChI=1S/C21H28N2O3S.2C2H4O2/c1-4-26-20-10-9-15-7-5-6-8-16(15)17(20)11-23-12-18-19(22(2)3)14-27(24,25)21(18)13-23;2*1-2(3)4/h5-10,18-19,21H,4,11-14H2,1-3H3;2*1H3,(H,3,4)/t18-,19+,21-;;/m0../s1. The maximum Gasteiger partial charge on any atom is 0.300 e. The summed E-state index contributed by atoms with van der Waals surface area (Å²) < 4.78 is 31.2. The van der Waals surface area contributed by atoms with Crippen molar-refractivity contribution in [1.29, 1.82) is 0 Å². The van der Waals surface area contributed by atoms with Crippen LogP contribution in [0, 0.1) is 5.92 Å². The quantitative estimate of drug-likeness (QED) is 0.627. The number of carbonyl (C=O) groups is 2. The number of aliphatic carboxylic acids is 2. The normalized spacial score (nSPS) is 22.5. The van der Waals surface area contributed by atoms with Crippen molar-refractivity contribution in [3.8, 4) is 5.75 Å². The summed E-state index contributed by atoms with van der Waals surface area (Å²) in [5.41, 5.74) is 1.16. The summed E-state index contributed by atoms with van der Waals surface area (Å²) >= 11 is 0. The molecule has 2 aliphatic rings. The van der Waals surface area contributed by atoms with E-state index in [1.165, 1.54) is 10.8 Å². The number of carboxylic acids is 2. The third kappa shape index (κ3) is 7.65. The van der Waals surface area contributed by atoms with E-state index < -0.39 is 21.8 Å². The van der Waals surface area contributed by atoms with Gasteiger partial charge in [-0.05, 0) is 37.9 Å². The Kier molecular flexibility index (Phi) is 10.1. The largest absolute Gasteiger partial charge is 0.494 e. The van der Waals surface area contributed by atoms with Crippen LogP contribution in [0.25, 0.3) is 10.8 Å². The lowest BCUT2D eigenvalue weighted by molar-refractivity contribution is -0.135. The molecule has 0 radical (unpaired) electrons. The van der Waals surface area contributed by atoms with Crippen molar-refractivity contribution in [3.63, 3.8) is 0 Å². The smallest absolute Gasteiger partial charge is 0.300 e. The van der Waals surface area contributed by atoms with E-state index >= 15 is 0 Å². The maximum atomic E-state index is 12.7. The Balaban J connectivity index is 0.000000473. The van der Waals surface area contributed by atoms with Crippen LogP contribution in [0.1, 0.15) is 26.3 Å². The summed E-state index contributed by atoms with van der Waals surface area (Å²) in [4.78, 5) is 22.4. The summed E-state index contributed by atoms with van der Waals surface area (Å²) in [6.45, 7) is 6.94. The van der Waals surface area contributed by atoms with E-state index in [4.69, 9.17) is 24.5 Å². The second-order valence-electron chi connectivity index (χ2n) is 8.99. The van der Waals surface area contributed by atoms with Crippen LogP contribution in [0.3, 0.4) is 0 Å². The van der Waals surface area contributed by atoms with Gasteiger partial charge in [0.15, 0.2) is 9.84 Å². The molecule has 2 aromatic carbocycles. The number of likely N-dealkylation sites (tertiary alicyclic amines) is 1. The van der Waals surface area contributed by atoms with Crippen molar-refractivity contribution >= 4 is 32.5 Å². The Morgan fingerprint density at radius 2 is 1.66 bits per heavy atom. The van der Waals surface area contributed by atoms with E-state index in [0.717, 1.165) is 38.2 Å². The highest BCUT2D eigenvalue weighted by Gasteiger charge is 2.52. The lowest BCUT2D eigenvalue weighted by Crippen LogP contribution is -2.37. The Hall–Kier alpha value is -2.69. The molecule has 2 N–H and O–H groups in total. The molecular weight excluding hydrogens is 472 g/mol. The molecule has 10 heteroatoms. The van der Waals surface area contributed by atoms with Crippen molar-refractivity contribution in [2.75, 3.05) is 39.5 Å². The molecule has 2 heterocycles. The topological polar surface area (TPSA) is 124 Å². The third-order valence-corrected chi connectivity index (χ3v) is 8.31. The molecule has 0 amide bonds. The molecule has 2 fully saturated rings. The number of sulfone groups is 1. The Morgan fingerprint density at radius 1 is 1.06 bits per heavy atom. The molecule has 2 aliphatic heterocycles. The van der Waals surface area contributed by atoms with Gasteiger partial charge in [0.1, 0.15) is 5.75 Å². The second kappa shape index (κ2) is 12.3. The highest BCUT2D eigenvalue weighted by atomic mass is 32.2. The molecule has 4 rings (SSSR count). The predicted octanol–water partition coefficient (Wildman–Crippen LogP) is 2.58. The molecule has 2 aromatic rings. The van der Waals surface area contributed by atoms with Gasteiger partial charge in [-0.1, -0.05) is 30.3 Å². The lowest BCUT2D eigenvalue weighted by Gasteiger charge is -2.25. The maximum absolute atomic E-state index is 12.7. The van der Waals surface area contributed by atoms with Gasteiger partial charge in [-0.25, -0.2) is 8.42 Å². The fourth-order valence-corrected chi connectivity index (χ4v) is 7.28. The Morgan fingerprint density at radius 3 is 2.23 bits per heavy atom. The highest BCUT2D eigenvalue weighted by molar-refractivity contribution is 7.92. The lowest BCUT2D eigenvalue weighted by atomic mass is 10.00. The van der Waals surface area contributed by atoms with E-state index in [1.807, 2.05) is 39.2 Å². The van der Waals surface area contributed by atoms with Gasteiger partial charge < -0.3 is 19.8 Å². The number of rotatable bonds is 5. The molecule has 0 aliphatic carbocycles. The number of hydrogen-bond acceptors (Lipinski definition) is 7. The zero-order valence-electron chi connectivity index (χ0n) is 21.0. The minimum Gasteiger partial charge on any atom is -0.494 e. The first-order chi connectivity index (χ1) is 16.4. The van der Waals surface area contributed by atoms with Crippen LogP contribution in [0.2, 0.25) is 0 Å². The summed E-state index contributed by atoms with van der Waals surface area (Å²) in [7, 11) is 0.958. The number of benzene rings is 2. The minimum atomic E-state index is -3.02. The number of fused-ring (bicyclic) bond motifs is 2. The average molecular weight is 509 g/mol. The summed E-state index contributed by atoms with van der Waals surface area (Å²) in [6.07, 6.45) is 0. The molecule has 9 nitrogen and oxygen atoms in total. The van der Waals surface area contributed by atoms with Gasteiger partial charge in [-0.15, -0.1) is 0 Å². The zero-order chi connectivity index (χ0) is 26.3. The van der Waals surface area contributed by atoms with Gasteiger partial charge >= 0.3 is 0 Å². The van der Waals surface area contributed by atoms with Crippen molar-refractivity contribution < 1.29 is 33.0 Å². The molecule has 0 aromatic heterocycles. The molecule has 0 unspecified atom stereocenters. The van der Waals surface area contributed by atoms with Crippen LogP contribution < -0.4 is 4.74 Å². The van der Waals surface area contributed by atoms with Crippen LogP contribution in [0.4, 0.5) is 0 Å². The van der Waals surface area contributed by atoms with Crippen LogP contribution >= 0.6 is 0 Å². The molecule has 2 saturated heterocycles. The van der Waals surface area contributed by atoms with Gasteiger partial charge in [-0.3, -0.25) is 14.5 Å². The summed E-state index contributed by atoms with van der Waals surface area (Å²) in [5, 5.41) is 17.0. The number of carboxylic acid groups (broad SMARTS) is 2. The predicted molar refractivity (Wildman–Crippen MR) is 136 cm³/mol. The van der Waals surface area contributed by atoms with E-state index in [0.29, 0.717) is 18.9 Å². The first kappa shape index (κ1) is 28.5. The summed E-state index contributed by atoms with van der Waals surface area (Å²) in [5.74, 6) is -0.280.